The van der Waals surface area contributed by atoms with Gasteiger partial charge in [-0.2, -0.15) is 0 Å². The lowest BCUT2D eigenvalue weighted by atomic mass is 9.84. The predicted molar refractivity (Wildman–Crippen MR) is 189 cm³/mol. The third-order valence-electron chi connectivity index (χ3n) is 11.3. The molecule has 3 aliphatic rings. The standard InChI is InChI=1S/C35H61NO22/c1-15-19(39)10-34(31(49)50,57-27(15)24(44)21(41)12-37)54-14-23(43)26(46)29-17(3)20(40)11-35(58-29,32(51)52)55-13-22(42)25(45)28-16(2)18(38)9-33(56-28,30(47)48)53-8-6-4-5-7-36/h15-29,37-46H,4-14,36H2,1-3H3,(H,47,48)(H,49,50)(H,51,52)/t15-,16-,17-,18?,19?,20?,21-,22-,23-,24-,25-,26-,27-,28-,29-,33?,34?,35?/m1/s1. The molecule has 0 aromatic carbocycles. The van der Waals surface area contributed by atoms with Crippen molar-refractivity contribution < 1.29 is 109 Å². The fraction of sp³-hybridized carbons (Fsp3) is 0.914. The van der Waals surface area contributed by atoms with E-state index in [1.165, 1.54) is 20.8 Å². The summed E-state index contributed by atoms with van der Waals surface area (Å²) in [5, 5.41) is 136. The van der Waals surface area contributed by atoms with Gasteiger partial charge in [-0.3, -0.25) is 0 Å². The van der Waals surface area contributed by atoms with Gasteiger partial charge in [-0.15, -0.1) is 0 Å². The van der Waals surface area contributed by atoms with Crippen LogP contribution in [-0.2, 0) is 42.8 Å². The van der Waals surface area contributed by atoms with Gasteiger partial charge in [0.1, 0.15) is 36.6 Å². The molecule has 338 valence electrons. The number of aliphatic carboxylic acids is 3. The zero-order valence-electron chi connectivity index (χ0n) is 32.5. The highest BCUT2D eigenvalue weighted by atomic mass is 16.7. The molecule has 0 aromatic rings. The van der Waals surface area contributed by atoms with Crippen molar-refractivity contribution in [1.82, 2.24) is 0 Å². The highest BCUT2D eigenvalue weighted by Gasteiger charge is 2.58. The van der Waals surface area contributed by atoms with Gasteiger partial charge >= 0.3 is 17.9 Å². The van der Waals surface area contributed by atoms with Crippen molar-refractivity contribution >= 4 is 17.9 Å². The molecule has 0 amide bonds. The number of carbonyl (C=O) groups is 3. The van der Waals surface area contributed by atoms with Crippen LogP contribution in [0.4, 0.5) is 0 Å². The predicted octanol–water partition coefficient (Wildman–Crippen LogP) is -4.98. The Morgan fingerprint density at radius 2 is 0.914 bits per heavy atom. The molecule has 58 heavy (non-hydrogen) atoms. The van der Waals surface area contributed by atoms with Crippen molar-refractivity contribution in [3.63, 3.8) is 0 Å². The summed E-state index contributed by atoms with van der Waals surface area (Å²) < 4.78 is 33.2. The Morgan fingerprint density at radius 1 is 0.586 bits per heavy atom. The van der Waals surface area contributed by atoms with Crippen LogP contribution >= 0.6 is 0 Å². The van der Waals surface area contributed by atoms with E-state index >= 15 is 0 Å². The van der Waals surface area contributed by atoms with Crippen molar-refractivity contribution in [2.75, 3.05) is 33.0 Å². The Labute approximate surface area is 333 Å². The number of nitrogens with two attached hydrogens (primary N) is 1. The van der Waals surface area contributed by atoms with Gasteiger partial charge in [-0.1, -0.05) is 20.8 Å². The second-order valence-corrected chi connectivity index (χ2v) is 15.5. The number of unbranched alkanes of at least 4 members (excludes halogenated alkanes) is 2. The van der Waals surface area contributed by atoms with Gasteiger partial charge in [0.05, 0.1) is 63.1 Å². The average molecular weight is 848 g/mol. The molecular weight excluding hydrogens is 786 g/mol. The molecule has 15 N–H and O–H groups in total. The first kappa shape index (κ1) is 50.1. The summed E-state index contributed by atoms with van der Waals surface area (Å²) in [5.74, 6) is -16.5. The van der Waals surface area contributed by atoms with Crippen LogP contribution < -0.4 is 5.73 Å². The molecule has 23 heteroatoms. The van der Waals surface area contributed by atoms with Crippen LogP contribution in [0.3, 0.4) is 0 Å². The van der Waals surface area contributed by atoms with Crippen molar-refractivity contribution in [3.8, 4) is 0 Å². The number of rotatable bonds is 22. The van der Waals surface area contributed by atoms with Crippen LogP contribution in [0.15, 0.2) is 0 Å². The van der Waals surface area contributed by atoms with Crippen LogP contribution in [0, 0.1) is 17.8 Å². The maximum Gasteiger partial charge on any atom is 0.364 e. The van der Waals surface area contributed by atoms with E-state index in [9.17, 15) is 80.8 Å². The number of carboxylic acids is 3. The number of aliphatic hydroxyl groups is 10. The molecule has 0 saturated carbocycles. The summed E-state index contributed by atoms with van der Waals surface area (Å²) >= 11 is 0. The lowest BCUT2D eigenvalue weighted by Crippen LogP contribution is -2.63. The summed E-state index contributed by atoms with van der Waals surface area (Å²) in [6, 6.07) is 0. The molecule has 6 unspecified atom stereocenters. The first-order valence-corrected chi connectivity index (χ1v) is 19.1. The fourth-order valence-corrected chi connectivity index (χ4v) is 7.25. The third-order valence-corrected chi connectivity index (χ3v) is 11.3. The number of hydrogen-bond donors (Lipinski definition) is 14. The second-order valence-electron chi connectivity index (χ2n) is 15.5. The van der Waals surface area contributed by atoms with E-state index in [2.05, 4.69) is 0 Å². The minimum atomic E-state index is -2.86. The number of carboxylic acid groups (broad SMARTS) is 3. The van der Waals surface area contributed by atoms with E-state index in [4.69, 9.17) is 34.2 Å². The molecular formula is C35H61NO22. The molecule has 3 fully saturated rings. The Bertz CT molecular complexity index is 1350. The molecule has 0 aliphatic carbocycles. The highest BCUT2D eigenvalue weighted by molar-refractivity contribution is 5.77. The molecule has 18 atom stereocenters. The van der Waals surface area contributed by atoms with Crippen LogP contribution in [-0.4, -0.2) is 208 Å². The van der Waals surface area contributed by atoms with Crippen molar-refractivity contribution in [2.24, 2.45) is 23.5 Å². The van der Waals surface area contributed by atoms with Crippen molar-refractivity contribution in [1.29, 1.82) is 0 Å². The van der Waals surface area contributed by atoms with Crippen LogP contribution in [0.25, 0.3) is 0 Å². The highest BCUT2D eigenvalue weighted by Crippen LogP contribution is 2.40. The maximum atomic E-state index is 12.7. The molecule has 3 saturated heterocycles. The van der Waals surface area contributed by atoms with Crippen LogP contribution in [0.1, 0.15) is 59.3 Å². The molecule has 0 bridgehead atoms. The van der Waals surface area contributed by atoms with Crippen molar-refractivity contribution in [3.05, 3.63) is 0 Å². The van der Waals surface area contributed by atoms with E-state index in [0.29, 0.717) is 25.8 Å². The largest absolute Gasteiger partial charge is 0.477 e. The quantitative estimate of drug-likeness (QED) is 0.0454. The molecule has 3 rings (SSSR count). The summed E-state index contributed by atoms with van der Waals surface area (Å²) in [4.78, 5) is 37.4. The lowest BCUT2D eigenvalue weighted by Gasteiger charge is -2.47. The molecule has 0 spiro atoms. The topological polar surface area (TPSA) is 396 Å². The number of ether oxygens (including phenoxy) is 6. The van der Waals surface area contributed by atoms with E-state index in [-0.39, 0.29) is 6.61 Å². The van der Waals surface area contributed by atoms with E-state index in [1.807, 2.05) is 0 Å². The Kier molecular flexibility index (Phi) is 18.1. The molecule has 23 nitrogen and oxygen atoms in total. The molecule has 0 radical (unpaired) electrons. The van der Waals surface area contributed by atoms with E-state index in [1.54, 1.807) is 0 Å². The monoisotopic (exact) mass is 847 g/mol. The second kappa shape index (κ2) is 21.0. The Morgan fingerprint density at radius 3 is 1.22 bits per heavy atom. The zero-order chi connectivity index (χ0) is 43.9. The number of hydrogen-bond acceptors (Lipinski definition) is 20. The van der Waals surface area contributed by atoms with Crippen LogP contribution in [0.5, 0.6) is 0 Å². The van der Waals surface area contributed by atoms with Gasteiger partial charge in [0, 0.05) is 37.0 Å². The third kappa shape index (κ3) is 11.2. The zero-order valence-corrected chi connectivity index (χ0v) is 32.5. The summed E-state index contributed by atoms with van der Waals surface area (Å²) in [7, 11) is 0. The van der Waals surface area contributed by atoms with Gasteiger partial charge in [0.15, 0.2) is 0 Å². The summed E-state index contributed by atoms with van der Waals surface area (Å²) in [6.45, 7) is 1.30. The number of aliphatic hydroxyl groups excluding tert-OH is 10. The Hall–Kier alpha value is -2.27. The van der Waals surface area contributed by atoms with Gasteiger partial charge in [-0.25, -0.2) is 14.4 Å². The minimum absolute atomic E-state index is 0.105. The van der Waals surface area contributed by atoms with Crippen molar-refractivity contribution in [2.45, 2.75) is 150 Å². The van der Waals surface area contributed by atoms with Crippen LogP contribution in [0.2, 0.25) is 0 Å². The van der Waals surface area contributed by atoms with Gasteiger partial charge in [-0.05, 0) is 25.8 Å². The Balaban J connectivity index is 1.76. The molecule has 0 aromatic heterocycles. The lowest BCUT2D eigenvalue weighted by molar-refractivity contribution is -0.337. The fourth-order valence-electron chi connectivity index (χ4n) is 7.25. The van der Waals surface area contributed by atoms with E-state index in [0.717, 1.165) is 0 Å². The SMILES string of the molecule is C[C@@H]1C(O)CC(OC[C@@H](O)[C@@H](O)[C@@H]2OC(OC[C@@H](O)[C@@H](O)[C@@H]3OC(OCCCCCN)(C(=O)O)CC(O)[C@H]3C)(C(=O)O)CC(O)[C@H]2C)(C(=O)O)O[C@H]1[C@H](O)[C@H](O)CO. The molecule has 3 heterocycles. The summed E-state index contributed by atoms with van der Waals surface area (Å²) in [6.07, 6.45) is -22.0. The smallest absolute Gasteiger partial charge is 0.364 e. The molecule has 3 aliphatic heterocycles. The van der Waals surface area contributed by atoms with E-state index < -0.39 is 165 Å². The first-order valence-electron chi connectivity index (χ1n) is 19.1. The summed E-state index contributed by atoms with van der Waals surface area (Å²) in [5.41, 5.74) is 5.48. The van der Waals surface area contributed by atoms with Gasteiger partial charge in [0.2, 0.25) is 0 Å². The normalized spacial score (nSPS) is 38.9. The minimum Gasteiger partial charge on any atom is -0.477 e. The maximum absolute atomic E-state index is 12.7. The van der Waals surface area contributed by atoms with Gasteiger partial charge < -0.3 is 101 Å². The van der Waals surface area contributed by atoms with Gasteiger partial charge in [0.25, 0.3) is 17.4 Å². The average Bonchev–Trinajstić information content (AvgIpc) is 3.18. The first-order chi connectivity index (χ1) is 27.0.